The van der Waals surface area contributed by atoms with Gasteiger partial charge in [-0.2, -0.15) is 0 Å². The minimum absolute atomic E-state index is 0.671. The summed E-state index contributed by atoms with van der Waals surface area (Å²) in [6.45, 7) is 0. The summed E-state index contributed by atoms with van der Waals surface area (Å²) in [6, 6.07) is 31.9. The van der Waals surface area contributed by atoms with Gasteiger partial charge in [-0.25, -0.2) is 9.97 Å². The van der Waals surface area contributed by atoms with Gasteiger partial charge in [0.1, 0.15) is 11.6 Å². The van der Waals surface area contributed by atoms with Crippen LogP contribution in [0.3, 0.4) is 0 Å². The molecule has 0 unspecified atom stereocenters. The second kappa shape index (κ2) is 7.49. The van der Waals surface area contributed by atoms with E-state index in [9.17, 15) is 0 Å². The zero-order chi connectivity index (χ0) is 17.6. The number of anilines is 4. The Morgan fingerprint density at radius 2 is 0.923 bits per heavy atom. The molecule has 2 N–H and O–H groups in total. The Bertz CT molecular complexity index is 911. The highest BCUT2D eigenvalue weighted by atomic mass is 15.1. The van der Waals surface area contributed by atoms with Crippen molar-refractivity contribution in [2.75, 3.05) is 10.6 Å². The third-order valence-corrected chi connectivity index (χ3v) is 3.85. The minimum Gasteiger partial charge on any atom is -0.340 e. The smallest absolute Gasteiger partial charge is 0.163 e. The number of aromatic nitrogens is 2. The molecule has 3 aromatic carbocycles. The second-order valence-corrected chi connectivity index (χ2v) is 5.81. The molecule has 0 atom stereocenters. The van der Waals surface area contributed by atoms with Crippen molar-refractivity contribution < 1.29 is 0 Å². The first-order chi connectivity index (χ1) is 12.9. The van der Waals surface area contributed by atoms with E-state index in [1.165, 1.54) is 0 Å². The Hall–Kier alpha value is -3.66. The maximum atomic E-state index is 4.68. The summed E-state index contributed by atoms with van der Waals surface area (Å²) in [4.78, 5) is 9.36. The predicted octanol–water partition coefficient (Wildman–Crippen LogP) is 5.63. The molecule has 0 amide bonds. The first-order valence-electron chi connectivity index (χ1n) is 8.45. The summed E-state index contributed by atoms with van der Waals surface area (Å²) < 4.78 is 0. The third-order valence-electron chi connectivity index (χ3n) is 3.85. The van der Waals surface area contributed by atoms with Crippen LogP contribution in [0.25, 0.3) is 11.4 Å². The van der Waals surface area contributed by atoms with Gasteiger partial charge in [0.15, 0.2) is 5.82 Å². The van der Waals surface area contributed by atoms with Crippen molar-refractivity contribution in [3.05, 3.63) is 97.1 Å². The van der Waals surface area contributed by atoms with Crippen LogP contribution >= 0.6 is 0 Å². The van der Waals surface area contributed by atoms with E-state index in [-0.39, 0.29) is 0 Å². The van der Waals surface area contributed by atoms with Gasteiger partial charge >= 0.3 is 0 Å². The number of rotatable bonds is 5. The maximum absolute atomic E-state index is 4.68. The zero-order valence-corrected chi connectivity index (χ0v) is 14.1. The molecule has 1 heterocycles. The zero-order valence-electron chi connectivity index (χ0n) is 14.1. The van der Waals surface area contributed by atoms with Crippen LogP contribution in [0.4, 0.5) is 23.0 Å². The lowest BCUT2D eigenvalue weighted by molar-refractivity contribution is 1.17. The monoisotopic (exact) mass is 338 g/mol. The van der Waals surface area contributed by atoms with Gasteiger partial charge in [-0.05, 0) is 24.3 Å². The highest BCUT2D eigenvalue weighted by Crippen LogP contribution is 2.24. The van der Waals surface area contributed by atoms with Crippen LogP contribution in [0.5, 0.6) is 0 Å². The maximum Gasteiger partial charge on any atom is 0.163 e. The van der Waals surface area contributed by atoms with Crippen LogP contribution < -0.4 is 10.6 Å². The number of hydrogen-bond acceptors (Lipinski definition) is 4. The Morgan fingerprint density at radius 3 is 1.38 bits per heavy atom. The molecule has 4 heteroatoms. The van der Waals surface area contributed by atoms with E-state index in [4.69, 9.17) is 0 Å². The molecule has 0 fully saturated rings. The summed E-state index contributed by atoms with van der Waals surface area (Å²) in [5, 5.41) is 6.70. The molecule has 0 saturated carbocycles. The molecule has 0 saturated heterocycles. The van der Waals surface area contributed by atoms with Crippen molar-refractivity contribution in [3.8, 4) is 11.4 Å². The number of nitrogens with one attached hydrogen (secondary N) is 2. The fraction of sp³-hybridized carbons (Fsp3) is 0. The van der Waals surface area contributed by atoms with Gasteiger partial charge in [-0.1, -0.05) is 66.7 Å². The molecule has 26 heavy (non-hydrogen) atoms. The Kier molecular flexibility index (Phi) is 4.56. The summed E-state index contributed by atoms with van der Waals surface area (Å²) >= 11 is 0. The lowest BCUT2D eigenvalue weighted by atomic mass is 10.2. The van der Waals surface area contributed by atoms with Gasteiger partial charge in [-0.3, -0.25) is 0 Å². The summed E-state index contributed by atoms with van der Waals surface area (Å²) in [5.41, 5.74) is 2.94. The van der Waals surface area contributed by atoms with Gasteiger partial charge in [0.25, 0.3) is 0 Å². The molecule has 0 spiro atoms. The first kappa shape index (κ1) is 15.8. The van der Waals surface area contributed by atoms with E-state index in [1.54, 1.807) is 0 Å². The Labute approximate surface area is 152 Å². The molecule has 126 valence electrons. The van der Waals surface area contributed by atoms with Crippen molar-refractivity contribution in [3.63, 3.8) is 0 Å². The highest BCUT2D eigenvalue weighted by Gasteiger charge is 2.08. The molecule has 0 aliphatic rings. The van der Waals surface area contributed by atoms with Crippen molar-refractivity contribution in [2.45, 2.75) is 0 Å². The van der Waals surface area contributed by atoms with Gasteiger partial charge in [0.2, 0.25) is 0 Å². The van der Waals surface area contributed by atoms with Crippen LogP contribution in [0.1, 0.15) is 0 Å². The normalized spacial score (nSPS) is 10.3. The minimum atomic E-state index is 0.671. The molecular formula is C22H18N4. The number of benzene rings is 3. The van der Waals surface area contributed by atoms with Crippen LogP contribution in [0, 0.1) is 0 Å². The molecule has 0 radical (unpaired) electrons. The fourth-order valence-corrected chi connectivity index (χ4v) is 2.63. The van der Waals surface area contributed by atoms with Crippen molar-refractivity contribution in [2.24, 2.45) is 0 Å². The SMILES string of the molecule is c1ccc(Nc2cc(Nc3ccccc3)nc(-c3ccccc3)n2)cc1. The topological polar surface area (TPSA) is 49.8 Å². The Balaban J connectivity index is 1.72. The molecule has 4 rings (SSSR count). The van der Waals surface area contributed by atoms with Crippen molar-refractivity contribution in [1.29, 1.82) is 0 Å². The van der Waals surface area contributed by atoms with Crippen molar-refractivity contribution >= 4 is 23.0 Å². The summed E-state index contributed by atoms with van der Waals surface area (Å²) in [5.74, 6) is 2.15. The van der Waals surface area contributed by atoms with Crippen LogP contribution in [0.15, 0.2) is 97.1 Å². The Morgan fingerprint density at radius 1 is 0.500 bits per heavy atom. The van der Waals surface area contributed by atoms with Crippen molar-refractivity contribution in [1.82, 2.24) is 9.97 Å². The first-order valence-corrected chi connectivity index (χ1v) is 8.45. The predicted molar refractivity (Wildman–Crippen MR) is 107 cm³/mol. The average molecular weight is 338 g/mol. The summed E-state index contributed by atoms with van der Waals surface area (Å²) in [7, 11) is 0. The van der Waals surface area contributed by atoms with Gasteiger partial charge < -0.3 is 10.6 Å². The number of nitrogens with zero attached hydrogens (tertiary/aromatic N) is 2. The molecule has 4 nitrogen and oxygen atoms in total. The van der Waals surface area contributed by atoms with E-state index in [0.717, 1.165) is 28.6 Å². The van der Waals surface area contributed by atoms with Gasteiger partial charge in [-0.15, -0.1) is 0 Å². The van der Waals surface area contributed by atoms with Crippen LogP contribution in [-0.2, 0) is 0 Å². The van der Waals surface area contributed by atoms with E-state index in [0.29, 0.717) is 5.82 Å². The number of hydrogen-bond donors (Lipinski definition) is 2. The lowest BCUT2D eigenvalue weighted by Gasteiger charge is -2.12. The highest BCUT2D eigenvalue weighted by molar-refractivity contribution is 5.67. The number of para-hydroxylation sites is 2. The van der Waals surface area contributed by atoms with E-state index in [2.05, 4.69) is 20.6 Å². The van der Waals surface area contributed by atoms with E-state index in [1.807, 2.05) is 97.1 Å². The fourth-order valence-electron chi connectivity index (χ4n) is 2.63. The molecule has 0 bridgehead atoms. The van der Waals surface area contributed by atoms with Crippen LogP contribution in [0.2, 0.25) is 0 Å². The van der Waals surface area contributed by atoms with Gasteiger partial charge in [0, 0.05) is 23.0 Å². The lowest BCUT2D eigenvalue weighted by Crippen LogP contribution is -2.01. The van der Waals surface area contributed by atoms with E-state index < -0.39 is 0 Å². The second-order valence-electron chi connectivity index (χ2n) is 5.81. The summed E-state index contributed by atoms with van der Waals surface area (Å²) in [6.07, 6.45) is 0. The molecule has 4 aromatic rings. The molecular weight excluding hydrogens is 320 g/mol. The van der Waals surface area contributed by atoms with Gasteiger partial charge in [0.05, 0.1) is 0 Å². The molecule has 0 aliphatic carbocycles. The molecule has 0 aliphatic heterocycles. The third kappa shape index (κ3) is 3.87. The van der Waals surface area contributed by atoms with Crippen LogP contribution in [-0.4, -0.2) is 9.97 Å². The average Bonchev–Trinajstić information content (AvgIpc) is 2.70. The van der Waals surface area contributed by atoms with E-state index >= 15 is 0 Å². The molecule has 1 aromatic heterocycles. The largest absolute Gasteiger partial charge is 0.340 e. The quantitative estimate of drug-likeness (QED) is 0.495. The standard InChI is InChI=1S/C22H18N4/c1-4-10-17(11-5-1)22-25-20(23-18-12-6-2-7-13-18)16-21(26-22)24-19-14-8-3-9-15-19/h1-16H,(H2,23,24,25,26).